The second-order valence-electron chi connectivity index (χ2n) is 4.55. The van der Waals surface area contributed by atoms with E-state index in [1.807, 2.05) is 50.6 Å². The average molecular weight is 266 g/mol. The lowest BCUT2D eigenvalue weighted by Gasteiger charge is -2.27. The molecule has 0 aliphatic rings. The van der Waals surface area contributed by atoms with Gasteiger partial charge in [0.25, 0.3) is 0 Å². The van der Waals surface area contributed by atoms with E-state index in [1.165, 1.54) is 0 Å². The van der Waals surface area contributed by atoms with Crippen molar-refractivity contribution < 1.29 is 4.79 Å². The molecule has 0 aliphatic heterocycles. The van der Waals surface area contributed by atoms with E-state index >= 15 is 0 Å². The van der Waals surface area contributed by atoms with E-state index < -0.39 is 6.04 Å². The van der Waals surface area contributed by atoms with Gasteiger partial charge in [-0.3, -0.25) is 4.79 Å². The number of nitrogens with two attached hydrogens (primary N) is 1. The van der Waals surface area contributed by atoms with Crippen molar-refractivity contribution in [1.29, 1.82) is 0 Å². The van der Waals surface area contributed by atoms with Crippen LogP contribution in [-0.4, -0.2) is 41.9 Å². The number of benzene rings is 1. The summed E-state index contributed by atoms with van der Waals surface area (Å²) in [5.41, 5.74) is 7.09. The molecule has 18 heavy (non-hydrogen) atoms. The first-order chi connectivity index (χ1) is 8.56. The van der Waals surface area contributed by atoms with Crippen LogP contribution in [-0.2, 0) is 11.2 Å². The molecule has 0 heterocycles. The molecular weight excluding hydrogens is 244 g/mol. The molecule has 0 radical (unpaired) electrons. The smallest absolute Gasteiger partial charge is 0.239 e. The number of likely N-dealkylation sites (N-methyl/N-ethyl adjacent to an activating group) is 1. The van der Waals surface area contributed by atoms with E-state index in [4.69, 9.17) is 5.73 Å². The molecule has 0 aliphatic carbocycles. The van der Waals surface area contributed by atoms with Gasteiger partial charge in [-0.1, -0.05) is 30.3 Å². The number of amides is 1. The van der Waals surface area contributed by atoms with Gasteiger partial charge in [-0.2, -0.15) is 11.8 Å². The predicted molar refractivity (Wildman–Crippen MR) is 78.7 cm³/mol. The van der Waals surface area contributed by atoms with Gasteiger partial charge in [0.1, 0.15) is 0 Å². The third-order valence-electron chi connectivity index (χ3n) is 3.03. The Morgan fingerprint density at radius 1 is 1.39 bits per heavy atom. The second kappa shape index (κ2) is 7.44. The fourth-order valence-electron chi connectivity index (χ4n) is 1.79. The molecular formula is C14H22N2OS. The van der Waals surface area contributed by atoms with Crippen LogP contribution in [0.4, 0.5) is 0 Å². The summed E-state index contributed by atoms with van der Waals surface area (Å²) in [6.07, 6.45) is 2.63. The van der Waals surface area contributed by atoms with Gasteiger partial charge in [0.15, 0.2) is 0 Å². The van der Waals surface area contributed by atoms with Crippen LogP contribution < -0.4 is 5.73 Å². The van der Waals surface area contributed by atoms with Crippen molar-refractivity contribution in [3.63, 3.8) is 0 Å². The molecule has 1 aromatic carbocycles. The Labute approximate surface area is 114 Å². The van der Waals surface area contributed by atoms with Crippen molar-refractivity contribution in [1.82, 2.24) is 4.90 Å². The van der Waals surface area contributed by atoms with E-state index in [2.05, 4.69) is 0 Å². The summed E-state index contributed by atoms with van der Waals surface area (Å²) in [7, 11) is 1.83. The first kappa shape index (κ1) is 15.1. The van der Waals surface area contributed by atoms with Crippen LogP contribution in [0, 0.1) is 0 Å². The lowest BCUT2D eigenvalue weighted by molar-refractivity contribution is -0.132. The number of nitrogens with zero attached hydrogens (tertiary/aromatic N) is 1. The topological polar surface area (TPSA) is 46.3 Å². The third kappa shape index (κ3) is 4.35. The highest BCUT2D eigenvalue weighted by Crippen LogP contribution is 2.08. The number of hydrogen-bond acceptors (Lipinski definition) is 3. The number of thioether (sulfide) groups is 1. The standard InChI is InChI=1S/C14H22N2OS/c1-11(10-18-3)16(2)14(17)13(15)9-12-7-5-4-6-8-12/h4-8,11,13H,9-10,15H2,1-3H3. The molecule has 1 amide bonds. The normalized spacial score (nSPS) is 14.0. The van der Waals surface area contributed by atoms with Crippen molar-refractivity contribution in [2.24, 2.45) is 5.73 Å². The summed E-state index contributed by atoms with van der Waals surface area (Å²) >= 11 is 1.74. The maximum atomic E-state index is 12.2. The van der Waals surface area contributed by atoms with Crippen molar-refractivity contribution in [3.8, 4) is 0 Å². The van der Waals surface area contributed by atoms with E-state index in [9.17, 15) is 4.79 Å². The second-order valence-corrected chi connectivity index (χ2v) is 5.46. The van der Waals surface area contributed by atoms with Crippen LogP contribution in [0.3, 0.4) is 0 Å². The third-order valence-corrected chi connectivity index (χ3v) is 3.85. The number of hydrogen-bond donors (Lipinski definition) is 1. The van der Waals surface area contributed by atoms with E-state index in [0.717, 1.165) is 11.3 Å². The quantitative estimate of drug-likeness (QED) is 0.853. The van der Waals surface area contributed by atoms with Gasteiger partial charge in [0.2, 0.25) is 5.91 Å². The van der Waals surface area contributed by atoms with E-state index in [1.54, 1.807) is 16.7 Å². The summed E-state index contributed by atoms with van der Waals surface area (Å²) in [6, 6.07) is 9.65. The molecule has 1 aromatic rings. The van der Waals surface area contributed by atoms with Crippen LogP contribution in [0.1, 0.15) is 12.5 Å². The van der Waals surface area contributed by atoms with Gasteiger partial charge in [0.05, 0.1) is 6.04 Å². The largest absolute Gasteiger partial charge is 0.341 e. The summed E-state index contributed by atoms with van der Waals surface area (Å²) in [5.74, 6) is 0.945. The van der Waals surface area contributed by atoms with Crippen molar-refractivity contribution in [2.75, 3.05) is 19.1 Å². The number of rotatable bonds is 6. The SMILES string of the molecule is CSCC(C)N(C)C(=O)C(N)Cc1ccccc1. The molecule has 0 spiro atoms. The Balaban J connectivity index is 2.56. The van der Waals surface area contributed by atoms with Gasteiger partial charge < -0.3 is 10.6 Å². The first-order valence-electron chi connectivity index (χ1n) is 6.11. The summed E-state index contributed by atoms with van der Waals surface area (Å²) < 4.78 is 0. The Kier molecular flexibility index (Phi) is 6.22. The lowest BCUT2D eigenvalue weighted by atomic mass is 10.1. The van der Waals surface area contributed by atoms with Crippen LogP contribution in [0.5, 0.6) is 0 Å². The van der Waals surface area contributed by atoms with E-state index in [0.29, 0.717) is 6.42 Å². The van der Waals surface area contributed by atoms with E-state index in [-0.39, 0.29) is 11.9 Å². The highest BCUT2D eigenvalue weighted by Gasteiger charge is 2.21. The highest BCUT2D eigenvalue weighted by molar-refractivity contribution is 7.98. The molecule has 0 saturated carbocycles. The van der Waals surface area contributed by atoms with Crippen LogP contribution in [0.2, 0.25) is 0 Å². The molecule has 100 valence electrons. The Morgan fingerprint density at radius 2 is 2.00 bits per heavy atom. The monoisotopic (exact) mass is 266 g/mol. The zero-order valence-corrected chi connectivity index (χ0v) is 12.1. The number of carbonyl (C=O) groups excluding carboxylic acids is 1. The average Bonchev–Trinajstić information content (AvgIpc) is 2.38. The molecule has 2 atom stereocenters. The Morgan fingerprint density at radius 3 is 2.56 bits per heavy atom. The van der Waals surface area contributed by atoms with Crippen LogP contribution >= 0.6 is 11.8 Å². The minimum Gasteiger partial charge on any atom is -0.341 e. The summed E-state index contributed by atoms with van der Waals surface area (Å²) in [4.78, 5) is 13.9. The summed E-state index contributed by atoms with van der Waals surface area (Å²) in [6.45, 7) is 2.05. The lowest BCUT2D eigenvalue weighted by Crippen LogP contribution is -2.47. The molecule has 2 N–H and O–H groups in total. The minimum absolute atomic E-state index is 0.0143. The maximum Gasteiger partial charge on any atom is 0.239 e. The minimum atomic E-state index is -0.457. The van der Waals surface area contributed by atoms with Crippen molar-refractivity contribution >= 4 is 17.7 Å². The molecule has 0 fully saturated rings. The fraction of sp³-hybridized carbons (Fsp3) is 0.500. The molecule has 0 saturated heterocycles. The Bertz CT molecular complexity index is 369. The zero-order valence-electron chi connectivity index (χ0n) is 11.3. The van der Waals surface area contributed by atoms with Gasteiger partial charge in [-0.05, 0) is 25.2 Å². The van der Waals surface area contributed by atoms with Crippen LogP contribution in [0.25, 0.3) is 0 Å². The maximum absolute atomic E-state index is 12.2. The van der Waals surface area contributed by atoms with Gasteiger partial charge in [0, 0.05) is 18.8 Å². The number of carbonyl (C=O) groups is 1. The van der Waals surface area contributed by atoms with Crippen molar-refractivity contribution in [2.45, 2.75) is 25.4 Å². The molecule has 0 aromatic heterocycles. The molecule has 0 bridgehead atoms. The molecule has 3 nitrogen and oxygen atoms in total. The van der Waals surface area contributed by atoms with Gasteiger partial charge >= 0.3 is 0 Å². The fourth-order valence-corrected chi connectivity index (χ4v) is 2.49. The Hall–Kier alpha value is -1.00. The highest BCUT2D eigenvalue weighted by atomic mass is 32.2. The first-order valence-corrected chi connectivity index (χ1v) is 7.50. The van der Waals surface area contributed by atoms with Crippen LogP contribution in [0.15, 0.2) is 30.3 Å². The van der Waals surface area contributed by atoms with Crippen molar-refractivity contribution in [3.05, 3.63) is 35.9 Å². The molecule has 1 rings (SSSR count). The zero-order chi connectivity index (χ0) is 13.5. The molecule has 4 heteroatoms. The molecule has 2 unspecified atom stereocenters. The summed E-state index contributed by atoms with van der Waals surface area (Å²) in [5, 5.41) is 0. The van der Waals surface area contributed by atoms with Gasteiger partial charge in [-0.25, -0.2) is 0 Å². The van der Waals surface area contributed by atoms with Gasteiger partial charge in [-0.15, -0.1) is 0 Å². The predicted octanol–water partition coefficient (Wildman–Crippen LogP) is 1.77.